The molecule has 0 spiro atoms. The van der Waals surface area contributed by atoms with Gasteiger partial charge in [0.05, 0.1) is 33.7 Å². The third kappa shape index (κ3) is 6.45. The van der Waals surface area contributed by atoms with E-state index >= 15 is 0 Å². The zero-order chi connectivity index (χ0) is 18.4. The quantitative estimate of drug-likeness (QED) is 0.607. The van der Waals surface area contributed by atoms with Crippen LogP contribution in [0.1, 0.15) is 28.3 Å². The molecule has 25 heavy (non-hydrogen) atoms. The summed E-state index contributed by atoms with van der Waals surface area (Å²) in [6.07, 6.45) is -0.257. The summed E-state index contributed by atoms with van der Waals surface area (Å²) < 4.78 is 5.94. The lowest BCUT2D eigenvalue weighted by molar-refractivity contribution is -0.871. The molecular formula is C18H20N2O4S. The summed E-state index contributed by atoms with van der Waals surface area (Å²) in [5.41, 5.74) is 0.879. The summed E-state index contributed by atoms with van der Waals surface area (Å²) >= 11 is 1.55. The number of aliphatic carboxylic acids is 1. The van der Waals surface area contributed by atoms with E-state index in [1.807, 2.05) is 38.0 Å². The molecule has 2 rings (SSSR count). The van der Waals surface area contributed by atoms with Gasteiger partial charge in [0.15, 0.2) is 11.5 Å². The fraction of sp³-hybridized carbons (Fsp3) is 0.333. The van der Waals surface area contributed by atoms with Crippen molar-refractivity contribution in [3.63, 3.8) is 0 Å². The first kappa shape index (κ1) is 18.8. The van der Waals surface area contributed by atoms with Crippen LogP contribution in [0.4, 0.5) is 0 Å². The number of amides is 1. The Morgan fingerprint density at radius 1 is 1.28 bits per heavy atom. The predicted molar refractivity (Wildman–Crippen MR) is 92.8 cm³/mol. The van der Waals surface area contributed by atoms with Crippen molar-refractivity contribution < 1.29 is 23.6 Å². The van der Waals surface area contributed by atoms with Crippen molar-refractivity contribution >= 4 is 23.2 Å². The van der Waals surface area contributed by atoms with E-state index < -0.39 is 17.9 Å². The van der Waals surface area contributed by atoms with Crippen molar-refractivity contribution in [2.45, 2.75) is 12.5 Å². The summed E-state index contributed by atoms with van der Waals surface area (Å²) in [6, 6.07) is 4.48. The Morgan fingerprint density at radius 3 is 2.64 bits per heavy atom. The van der Waals surface area contributed by atoms with E-state index in [4.69, 9.17) is 4.42 Å². The van der Waals surface area contributed by atoms with Crippen LogP contribution in [0.2, 0.25) is 0 Å². The van der Waals surface area contributed by atoms with Gasteiger partial charge in [-0.15, -0.1) is 0 Å². The Morgan fingerprint density at radius 2 is 2.04 bits per heavy atom. The molecule has 0 saturated heterocycles. The van der Waals surface area contributed by atoms with E-state index in [1.54, 1.807) is 17.4 Å². The number of likely N-dealkylation sites (N-methyl/N-ethyl adjacent to an activating group) is 1. The second-order valence-corrected chi connectivity index (χ2v) is 7.43. The molecule has 0 aliphatic rings. The minimum absolute atomic E-state index is 0.0966. The molecule has 132 valence electrons. The maximum atomic E-state index is 12.3. The Labute approximate surface area is 150 Å². The van der Waals surface area contributed by atoms with Gasteiger partial charge >= 0.3 is 0 Å². The molecule has 1 unspecified atom stereocenters. The molecule has 1 amide bonds. The highest BCUT2D eigenvalue weighted by molar-refractivity contribution is 7.08. The highest BCUT2D eigenvalue weighted by Gasteiger charge is 2.22. The van der Waals surface area contributed by atoms with Crippen LogP contribution in [-0.2, 0) is 4.79 Å². The number of hydrogen-bond donors (Lipinski definition) is 1. The molecule has 6 nitrogen and oxygen atoms in total. The number of carbonyl (C=O) groups is 2. The molecule has 0 saturated carbocycles. The number of nitrogens with one attached hydrogen (secondary N) is 1. The number of rotatable bonds is 6. The molecule has 1 atom stereocenters. The molecule has 2 aromatic rings. The number of hydrogen-bond acceptors (Lipinski definition) is 5. The van der Waals surface area contributed by atoms with Gasteiger partial charge < -0.3 is 24.1 Å². The maximum Gasteiger partial charge on any atom is 0.287 e. The second kappa shape index (κ2) is 8.01. The fourth-order valence-corrected chi connectivity index (χ4v) is 2.86. The Kier molecular flexibility index (Phi) is 6.02. The maximum absolute atomic E-state index is 12.3. The van der Waals surface area contributed by atoms with Gasteiger partial charge in [0.2, 0.25) is 0 Å². The highest BCUT2D eigenvalue weighted by atomic mass is 32.1. The van der Waals surface area contributed by atoms with Gasteiger partial charge in [0.25, 0.3) is 5.91 Å². The summed E-state index contributed by atoms with van der Waals surface area (Å²) in [5.74, 6) is 4.58. The number of carbonyl (C=O) groups excluding carboxylic acids is 2. The van der Waals surface area contributed by atoms with Crippen LogP contribution in [-0.4, -0.2) is 50.1 Å². The van der Waals surface area contributed by atoms with Crippen LogP contribution in [0.5, 0.6) is 0 Å². The molecule has 7 heteroatoms. The number of carboxylic acids is 1. The van der Waals surface area contributed by atoms with Crippen LogP contribution in [0.3, 0.4) is 0 Å². The SMILES string of the molecule is C[N+](C)(C)CC(CC(=O)[O-])NC(=O)c1ccc(C#Cc2ccsc2)o1. The molecule has 0 aromatic carbocycles. The van der Waals surface area contributed by atoms with Crippen molar-refractivity contribution in [3.8, 4) is 11.8 Å². The molecule has 0 bridgehead atoms. The number of thiophene rings is 1. The lowest BCUT2D eigenvalue weighted by Crippen LogP contribution is -2.50. The van der Waals surface area contributed by atoms with Gasteiger partial charge in [0.1, 0.15) is 0 Å². The molecular weight excluding hydrogens is 340 g/mol. The molecule has 0 aliphatic carbocycles. The smallest absolute Gasteiger partial charge is 0.287 e. The number of nitrogens with zero attached hydrogens (tertiary/aromatic N) is 1. The van der Waals surface area contributed by atoms with Crippen molar-refractivity contribution in [1.29, 1.82) is 0 Å². The lowest BCUT2D eigenvalue weighted by Gasteiger charge is -2.29. The van der Waals surface area contributed by atoms with Gasteiger partial charge in [-0.1, -0.05) is 5.92 Å². The molecule has 0 aliphatic heterocycles. The van der Waals surface area contributed by atoms with Gasteiger partial charge in [-0.25, -0.2) is 0 Å². The minimum Gasteiger partial charge on any atom is -0.550 e. The van der Waals surface area contributed by atoms with Crippen LogP contribution >= 0.6 is 11.3 Å². The third-order valence-corrected chi connectivity index (χ3v) is 3.88. The number of quaternary nitrogens is 1. The Hall–Kier alpha value is -2.56. The normalized spacial score (nSPS) is 12.1. The average Bonchev–Trinajstić information content (AvgIpc) is 3.14. The van der Waals surface area contributed by atoms with E-state index in [1.165, 1.54) is 6.07 Å². The van der Waals surface area contributed by atoms with E-state index in [9.17, 15) is 14.7 Å². The van der Waals surface area contributed by atoms with Crippen molar-refractivity contribution in [3.05, 3.63) is 46.0 Å². The topological polar surface area (TPSA) is 82.4 Å². The van der Waals surface area contributed by atoms with Crippen molar-refractivity contribution in [2.24, 2.45) is 0 Å². The average molecular weight is 360 g/mol. The van der Waals surface area contributed by atoms with Crippen molar-refractivity contribution in [1.82, 2.24) is 5.32 Å². The van der Waals surface area contributed by atoms with Crippen LogP contribution in [0, 0.1) is 11.8 Å². The van der Waals surface area contributed by atoms with Gasteiger partial charge in [-0.3, -0.25) is 4.79 Å². The molecule has 2 aromatic heterocycles. The zero-order valence-electron chi connectivity index (χ0n) is 14.4. The first-order valence-electron chi connectivity index (χ1n) is 7.68. The van der Waals surface area contributed by atoms with Crippen molar-refractivity contribution in [2.75, 3.05) is 27.7 Å². The van der Waals surface area contributed by atoms with Crippen LogP contribution in [0.25, 0.3) is 0 Å². The standard InChI is InChI=1S/C18H20N2O4S/c1-20(2,3)11-14(10-17(21)22)19-18(23)16-7-6-15(24-16)5-4-13-8-9-25-12-13/h6-9,12,14H,10-11H2,1-3H3,(H-,19,21,22,23). The molecule has 0 fully saturated rings. The molecule has 2 heterocycles. The van der Waals surface area contributed by atoms with Gasteiger partial charge in [-0.2, -0.15) is 11.3 Å². The van der Waals surface area contributed by atoms with E-state index in [-0.39, 0.29) is 12.2 Å². The van der Waals surface area contributed by atoms with E-state index in [0.29, 0.717) is 16.8 Å². The Balaban J connectivity index is 2.04. The van der Waals surface area contributed by atoms with Gasteiger partial charge in [0, 0.05) is 23.3 Å². The van der Waals surface area contributed by atoms with E-state index in [0.717, 1.165) is 5.56 Å². The summed E-state index contributed by atoms with van der Waals surface area (Å²) in [7, 11) is 5.75. The molecule has 0 radical (unpaired) electrons. The summed E-state index contributed by atoms with van der Waals surface area (Å²) in [4.78, 5) is 23.2. The predicted octanol–water partition coefficient (Wildman–Crippen LogP) is 0.686. The number of furan rings is 1. The van der Waals surface area contributed by atoms with Crippen LogP contribution < -0.4 is 10.4 Å². The summed E-state index contributed by atoms with van der Waals surface area (Å²) in [6.45, 7) is 0.450. The highest BCUT2D eigenvalue weighted by Crippen LogP contribution is 2.09. The molecule has 1 N–H and O–H groups in total. The lowest BCUT2D eigenvalue weighted by atomic mass is 10.2. The minimum atomic E-state index is -1.21. The Bertz CT molecular complexity index is 791. The monoisotopic (exact) mass is 360 g/mol. The number of carboxylic acid groups (broad SMARTS) is 1. The second-order valence-electron chi connectivity index (χ2n) is 6.65. The third-order valence-electron chi connectivity index (χ3n) is 3.20. The summed E-state index contributed by atoms with van der Waals surface area (Å²) in [5, 5.41) is 17.4. The van der Waals surface area contributed by atoms with E-state index in [2.05, 4.69) is 17.2 Å². The van der Waals surface area contributed by atoms with Crippen LogP contribution in [0.15, 0.2) is 33.4 Å². The van der Waals surface area contributed by atoms with Gasteiger partial charge in [-0.05, 0) is 29.5 Å². The zero-order valence-corrected chi connectivity index (χ0v) is 15.2. The first-order chi connectivity index (χ1) is 11.7. The first-order valence-corrected chi connectivity index (χ1v) is 8.62. The fourth-order valence-electron chi connectivity index (χ4n) is 2.28. The largest absolute Gasteiger partial charge is 0.550 e.